The molecule has 0 amide bonds. The van der Waals surface area contributed by atoms with Gasteiger partial charge in [-0.1, -0.05) is 96.8 Å². The van der Waals surface area contributed by atoms with E-state index in [9.17, 15) is 2.74 Å². The summed E-state index contributed by atoms with van der Waals surface area (Å²) in [5, 5.41) is 0.923. The number of benzene rings is 6. The SMILES string of the molecule is [2H]c1c([2H])c([2H])c(-c2c3c([2H])c([2H])c([2H])c([2H])c3c(-c3cc4oc5ccccc5c4c4occc34)c3c([2H])c([2H])c([2H])c([2H])c23)c([2H])c1[2H]. The number of rotatable bonds is 2. The lowest BCUT2D eigenvalue weighted by Gasteiger charge is -2.18. The molecule has 0 aliphatic heterocycles. The summed E-state index contributed by atoms with van der Waals surface area (Å²) >= 11 is 0. The largest absolute Gasteiger partial charge is 0.464 e. The van der Waals surface area contributed by atoms with Crippen LogP contribution in [0.2, 0.25) is 0 Å². The molecule has 0 saturated heterocycles. The third-order valence-corrected chi connectivity index (χ3v) is 6.47. The predicted octanol–water partition coefficient (Wildman–Crippen LogP) is 9.97. The molecule has 8 aromatic rings. The van der Waals surface area contributed by atoms with E-state index in [1.807, 2.05) is 12.1 Å². The van der Waals surface area contributed by atoms with E-state index in [2.05, 4.69) is 0 Å². The van der Waals surface area contributed by atoms with Crippen molar-refractivity contribution in [2.75, 3.05) is 0 Å². The summed E-state index contributed by atoms with van der Waals surface area (Å²) in [6.45, 7) is 0. The summed E-state index contributed by atoms with van der Waals surface area (Å²) in [6, 6.07) is 1.98. The zero-order valence-electron chi connectivity index (χ0n) is 31.4. The van der Waals surface area contributed by atoms with Gasteiger partial charge in [0.2, 0.25) is 0 Å². The van der Waals surface area contributed by atoms with Crippen molar-refractivity contribution in [3.8, 4) is 22.3 Å². The third-order valence-electron chi connectivity index (χ3n) is 6.47. The van der Waals surface area contributed by atoms with Gasteiger partial charge in [-0.25, -0.2) is 0 Å². The van der Waals surface area contributed by atoms with E-state index >= 15 is 0 Å². The van der Waals surface area contributed by atoms with Crippen LogP contribution in [0.3, 0.4) is 0 Å². The average Bonchev–Trinajstić information content (AvgIpc) is 3.73. The van der Waals surface area contributed by atoms with Gasteiger partial charge >= 0.3 is 0 Å². The van der Waals surface area contributed by atoms with Crippen LogP contribution >= 0.6 is 0 Å². The highest BCUT2D eigenvalue weighted by molar-refractivity contribution is 6.27. The second-order valence-corrected chi connectivity index (χ2v) is 8.31. The van der Waals surface area contributed by atoms with Gasteiger partial charge in [-0.15, -0.1) is 0 Å². The molecular weight excluding hydrogens is 440 g/mol. The molecule has 0 spiro atoms. The van der Waals surface area contributed by atoms with Crippen LogP contribution in [-0.4, -0.2) is 0 Å². The fourth-order valence-electron chi connectivity index (χ4n) is 5.05. The van der Waals surface area contributed by atoms with Crippen LogP contribution in [0, 0.1) is 0 Å². The molecule has 0 bridgehead atoms. The highest BCUT2D eigenvalue weighted by atomic mass is 16.3. The van der Waals surface area contributed by atoms with Gasteiger partial charge in [-0.3, -0.25) is 0 Å². The summed E-state index contributed by atoms with van der Waals surface area (Å²) in [5.74, 6) is 0. The molecular formula is C34H20O2. The van der Waals surface area contributed by atoms with Crippen LogP contribution < -0.4 is 0 Å². The Hall–Kier alpha value is -4.82. The van der Waals surface area contributed by atoms with E-state index in [1.165, 1.54) is 6.26 Å². The van der Waals surface area contributed by atoms with Crippen LogP contribution in [0.15, 0.2) is 130 Å². The normalized spacial score (nSPS) is 16.9. The van der Waals surface area contributed by atoms with Crippen LogP contribution in [-0.2, 0) is 0 Å². The van der Waals surface area contributed by atoms with Crippen molar-refractivity contribution >= 4 is 54.5 Å². The Morgan fingerprint density at radius 1 is 0.556 bits per heavy atom. The molecule has 0 radical (unpaired) electrons. The molecule has 0 saturated carbocycles. The zero-order valence-corrected chi connectivity index (χ0v) is 18.4. The molecule has 2 heteroatoms. The number of hydrogen-bond donors (Lipinski definition) is 0. The van der Waals surface area contributed by atoms with Crippen LogP contribution in [0.25, 0.3) is 76.7 Å². The van der Waals surface area contributed by atoms with Crippen molar-refractivity contribution in [2.45, 2.75) is 0 Å². The molecule has 36 heavy (non-hydrogen) atoms. The van der Waals surface area contributed by atoms with Crippen LogP contribution in [0.5, 0.6) is 0 Å². The maximum Gasteiger partial charge on any atom is 0.146 e. The lowest BCUT2D eigenvalue weighted by Crippen LogP contribution is -1.91. The Kier molecular flexibility index (Phi) is 2.21. The van der Waals surface area contributed by atoms with Gasteiger partial charge < -0.3 is 8.83 Å². The monoisotopic (exact) mass is 473 g/mol. The van der Waals surface area contributed by atoms with Gasteiger partial charge in [0.25, 0.3) is 0 Å². The van der Waals surface area contributed by atoms with Gasteiger partial charge in [-0.05, 0) is 62.0 Å². The smallest absolute Gasteiger partial charge is 0.146 e. The van der Waals surface area contributed by atoms with Crippen molar-refractivity contribution in [3.63, 3.8) is 0 Å². The summed E-state index contributed by atoms with van der Waals surface area (Å²) in [6.07, 6.45) is 1.44. The Balaban J connectivity index is 1.75. The summed E-state index contributed by atoms with van der Waals surface area (Å²) in [4.78, 5) is 0. The maximum absolute atomic E-state index is 9.19. The van der Waals surface area contributed by atoms with Crippen molar-refractivity contribution < 1.29 is 26.7 Å². The molecule has 0 unspecified atom stereocenters. The van der Waals surface area contributed by atoms with E-state index in [0.717, 1.165) is 5.39 Å². The van der Waals surface area contributed by atoms with E-state index in [-0.39, 0.29) is 38.2 Å². The number of furan rings is 2. The number of hydrogen-bond acceptors (Lipinski definition) is 2. The lowest BCUT2D eigenvalue weighted by molar-refractivity contribution is 0.618. The quantitative estimate of drug-likeness (QED) is 0.233. The highest BCUT2D eigenvalue weighted by Crippen LogP contribution is 2.47. The second-order valence-electron chi connectivity index (χ2n) is 8.31. The van der Waals surface area contributed by atoms with Crippen molar-refractivity contribution in [3.05, 3.63) is 121 Å². The zero-order chi connectivity index (χ0) is 35.0. The minimum Gasteiger partial charge on any atom is -0.464 e. The fraction of sp³-hybridized carbons (Fsp3) is 0. The minimum atomic E-state index is -0.724. The standard InChI is InChI=1S/C34H20O2/c1-2-10-21(11-3-1)31-22-12-4-6-14-24(22)32(25-15-7-5-13-23(25)31)28-20-30-33(34-26(28)18-19-35-34)27-16-8-9-17-29(27)36-30/h1-20H/i1D,2D,3D,4D,5D,6D,7D,10D,11D,12D,13D,14D,15D. The van der Waals surface area contributed by atoms with Crippen LogP contribution in [0.4, 0.5) is 0 Å². The number of para-hydroxylation sites is 1. The molecule has 2 aromatic heterocycles. The first kappa shape index (κ1) is 10.8. The third kappa shape index (κ3) is 2.61. The maximum atomic E-state index is 9.19. The van der Waals surface area contributed by atoms with E-state index in [1.54, 1.807) is 24.3 Å². The molecule has 6 aromatic carbocycles. The first-order chi connectivity index (χ1) is 23.3. The first-order valence-corrected chi connectivity index (χ1v) is 11.1. The van der Waals surface area contributed by atoms with Gasteiger partial charge in [0.15, 0.2) is 0 Å². The Morgan fingerprint density at radius 3 is 1.92 bits per heavy atom. The molecule has 0 fully saturated rings. The molecule has 8 rings (SSSR count). The molecule has 0 aliphatic rings. The van der Waals surface area contributed by atoms with E-state index in [0.29, 0.717) is 27.5 Å². The Bertz CT molecular complexity index is 2710. The lowest BCUT2D eigenvalue weighted by atomic mass is 9.85. The average molecular weight is 474 g/mol. The summed E-state index contributed by atoms with van der Waals surface area (Å²) in [5.41, 5.74) is 0.734. The second kappa shape index (κ2) is 7.34. The van der Waals surface area contributed by atoms with Gasteiger partial charge in [0, 0.05) is 10.8 Å². The topological polar surface area (TPSA) is 26.3 Å². The van der Waals surface area contributed by atoms with Crippen molar-refractivity contribution in [1.29, 1.82) is 0 Å². The molecule has 0 atom stereocenters. The van der Waals surface area contributed by atoms with E-state index < -0.39 is 84.1 Å². The molecule has 168 valence electrons. The first-order valence-electron chi connectivity index (χ1n) is 17.6. The highest BCUT2D eigenvalue weighted by Gasteiger charge is 2.21. The minimum absolute atomic E-state index is 0.00822. The van der Waals surface area contributed by atoms with Crippen molar-refractivity contribution in [1.82, 2.24) is 0 Å². The number of fused-ring (bicyclic) bond motifs is 7. The molecule has 2 heterocycles. The van der Waals surface area contributed by atoms with Crippen LogP contribution in [0.1, 0.15) is 17.8 Å². The van der Waals surface area contributed by atoms with Gasteiger partial charge in [0.05, 0.1) is 29.5 Å². The predicted molar refractivity (Wildman–Crippen MR) is 149 cm³/mol. The van der Waals surface area contributed by atoms with E-state index in [4.69, 9.17) is 23.9 Å². The summed E-state index contributed by atoms with van der Waals surface area (Å²) < 4.78 is 126. The van der Waals surface area contributed by atoms with Crippen molar-refractivity contribution in [2.24, 2.45) is 0 Å². The Labute approximate surface area is 225 Å². The molecule has 0 aliphatic carbocycles. The molecule has 0 N–H and O–H groups in total. The van der Waals surface area contributed by atoms with Gasteiger partial charge in [-0.2, -0.15) is 0 Å². The molecule has 2 nitrogen and oxygen atoms in total. The Morgan fingerprint density at radius 2 is 1.19 bits per heavy atom. The fourth-order valence-corrected chi connectivity index (χ4v) is 5.05. The summed E-state index contributed by atoms with van der Waals surface area (Å²) in [7, 11) is 0. The van der Waals surface area contributed by atoms with Gasteiger partial charge in [0.1, 0.15) is 16.7 Å².